The molecule has 5 heteroatoms. The van der Waals surface area contributed by atoms with Crippen LogP contribution in [0.1, 0.15) is 36.7 Å². The summed E-state index contributed by atoms with van der Waals surface area (Å²) in [4.78, 5) is 25.7. The van der Waals surface area contributed by atoms with Crippen LogP contribution < -0.4 is 5.73 Å². The summed E-state index contributed by atoms with van der Waals surface area (Å²) in [6.07, 6.45) is 0. The van der Waals surface area contributed by atoms with Crippen LogP contribution in [0.15, 0.2) is 18.2 Å². The van der Waals surface area contributed by atoms with Gasteiger partial charge in [-0.05, 0) is 43.5 Å². The second-order valence-electron chi connectivity index (χ2n) is 5.46. The Morgan fingerprint density at radius 3 is 2.52 bits per heavy atom. The highest BCUT2D eigenvalue weighted by atomic mass is 16.5. The number of esters is 1. The van der Waals surface area contributed by atoms with Gasteiger partial charge in [-0.15, -0.1) is 0 Å². The van der Waals surface area contributed by atoms with Crippen molar-refractivity contribution in [3.63, 3.8) is 0 Å². The summed E-state index contributed by atoms with van der Waals surface area (Å²) in [5.41, 5.74) is 7.80. The van der Waals surface area contributed by atoms with E-state index in [0.29, 0.717) is 24.4 Å². The van der Waals surface area contributed by atoms with Crippen LogP contribution in [0.3, 0.4) is 0 Å². The molecular formula is C16H24N2O3. The molecule has 0 spiro atoms. The maximum atomic E-state index is 12.6. The Morgan fingerprint density at radius 1 is 1.33 bits per heavy atom. The van der Waals surface area contributed by atoms with Gasteiger partial charge in [0.25, 0.3) is 5.91 Å². The highest BCUT2D eigenvalue weighted by Gasteiger charge is 2.20. The van der Waals surface area contributed by atoms with Gasteiger partial charge in [-0.2, -0.15) is 0 Å². The topological polar surface area (TPSA) is 72.6 Å². The highest BCUT2D eigenvalue weighted by molar-refractivity contribution is 5.96. The van der Waals surface area contributed by atoms with E-state index in [1.54, 1.807) is 25.1 Å². The molecule has 2 N–H and O–H groups in total. The van der Waals surface area contributed by atoms with Gasteiger partial charge in [0.05, 0.1) is 6.61 Å². The molecule has 1 amide bonds. The number of hydrogen-bond donors (Lipinski definition) is 1. The fraction of sp³-hybridized carbons (Fsp3) is 0.500. The quantitative estimate of drug-likeness (QED) is 0.644. The van der Waals surface area contributed by atoms with Crippen LogP contribution in [-0.2, 0) is 9.53 Å². The monoisotopic (exact) mass is 292 g/mol. The van der Waals surface area contributed by atoms with Crippen molar-refractivity contribution in [3.8, 4) is 0 Å². The molecule has 0 bridgehead atoms. The second kappa shape index (κ2) is 7.67. The average molecular weight is 292 g/mol. The number of ether oxygens (including phenoxy) is 1. The first-order chi connectivity index (χ1) is 9.85. The van der Waals surface area contributed by atoms with Gasteiger partial charge >= 0.3 is 5.97 Å². The number of hydrogen-bond acceptors (Lipinski definition) is 4. The summed E-state index contributed by atoms with van der Waals surface area (Å²) in [6, 6.07) is 5.14. The van der Waals surface area contributed by atoms with Crippen LogP contribution in [0.25, 0.3) is 0 Å². The van der Waals surface area contributed by atoms with Crippen molar-refractivity contribution in [2.45, 2.75) is 27.7 Å². The summed E-state index contributed by atoms with van der Waals surface area (Å²) >= 11 is 0. The lowest BCUT2D eigenvalue weighted by molar-refractivity contribution is -0.143. The van der Waals surface area contributed by atoms with Crippen molar-refractivity contribution < 1.29 is 14.3 Å². The van der Waals surface area contributed by atoms with Crippen LogP contribution in [0.4, 0.5) is 5.69 Å². The molecule has 21 heavy (non-hydrogen) atoms. The number of carbonyl (C=O) groups is 2. The molecule has 0 fully saturated rings. The van der Waals surface area contributed by atoms with Gasteiger partial charge in [-0.1, -0.05) is 13.8 Å². The maximum absolute atomic E-state index is 12.6. The number of anilines is 1. The van der Waals surface area contributed by atoms with Crippen molar-refractivity contribution in [3.05, 3.63) is 29.3 Å². The first kappa shape index (κ1) is 17.0. The van der Waals surface area contributed by atoms with Gasteiger partial charge in [-0.3, -0.25) is 9.59 Å². The van der Waals surface area contributed by atoms with Crippen LogP contribution in [0.5, 0.6) is 0 Å². The van der Waals surface area contributed by atoms with E-state index in [4.69, 9.17) is 10.5 Å². The van der Waals surface area contributed by atoms with Crippen molar-refractivity contribution in [2.75, 3.05) is 25.4 Å². The molecule has 0 saturated heterocycles. The number of benzene rings is 1. The zero-order valence-electron chi connectivity index (χ0n) is 13.2. The summed E-state index contributed by atoms with van der Waals surface area (Å²) in [7, 11) is 0. The highest BCUT2D eigenvalue weighted by Crippen LogP contribution is 2.15. The van der Waals surface area contributed by atoms with Crippen LogP contribution >= 0.6 is 0 Å². The molecule has 0 radical (unpaired) electrons. The first-order valence-electron chi connectivity index (χ1n) is 7.16. The SMILES string of the molecule is CCOC(=O)CN(CC(C)C)C(=O)c1ccc(N)c(C)c1. The molecular weight excluding hydrogens is 268 g/mol. The molecule has 116 valence electrons. The number of amides is 1. The number of nitrogen functional groups attached to an aromatic ring is 1. The Labute approximate surface area is 126 Å². The van der Waals surface area contributed by atoms with E-state index in [1.807, 2.05) is 20.8 Å². The maximum Gasteiger partial charge on any atom is 0.325 e. The van der Waals surface area contributed by atoms with Crippen LogP contribution in [-0.4, -0.2) is 36.5 Å². The molecule has 0 saturated carbocycles. The van der Waals surface area contributed by atoms with E-state index >= 15 is 0 Å². The third-order valence-corrected chi connectivity index (χ3v) is 3.01. The molecule has 0 unspecified atom stereocenters. The van der Waals surface area contributed by atoms with E-state index in [1.165, 1.54) is 4.90 Å². The summed E-state index contributed by atoms with van der Waals surface area (Å²) in [5, 5.41) is 0. The molecule has 1 aromatic carbocycles. The fourth-order valence-corrected chi connectivity index (χ4v) is 2.01. The standard InChI is InChI=1S/C16H24N2O3/c1-5-21-15(19)10-18(9-11(2)3)16(20)13-6-7-14(17)12(4)8-13/h6-8,11H,5,9-10,17H2,1-4H3. The summed E-state index contributed by atoms with van der Waals surface area (Å²) in [6.45, 7) is 8.37. The van der Waals surface area contributed by atoms with Gasteiger partial charge in [0.1, 0.15) is 6.54 Å². The third-order valence-electron chi connectivity index (χ3n) is 3.01. The van der Waals surface area contributed by atoms with E-state index < -0.39 is 5.97 Å². The second-order valence-corrected chi connectivity index (χ2v) is 5.46. The Hall–Kier alpha value is -2.04. The zero-order chi connectivity index (χ0) is 16.0. The molecule has 1 rings (SSSR count). The number of aryl methyl sites for hydroxylation is 1. The minimum atomic E-state index is -0.390. The summed E-state index contributed by atoms with van der Waals surface area (Å²) in [5.74, 6) is -0.309. The number of carbonyl (C=O) groups excluding carboxylic acids is 2. The van der Waals surface area contributed by atoms with Gasteiger partial charge in [-0.25, -0.2) is 0 Å². The molecule has 0 aliphatic heterocycles. The van der Waals surface area contributed by atoms with E-state index in [2.05, 4.69) is 0 Å². The summed E-state index contributed by atoms with van der Waals surface area (Å²) < 4.78 is 4.93. The van der Waals surface area contributed by atoms with Gasteiger partial charge in [0, 0.05) is 17.8 Å². The van der Waals surface area contributed by atoms with Gasteiger partial charge in [0.15, 0.2) is 0 Å². The van der Waals surface area contributed by atoms with Crippen molar-refractivity contribution in [2.24, 2.45) is 5.92 Å². The molecule has 5 nitrogen and oxygen atoms in total. The lowest BCUT2D eigenvalue weighted by Gasteiger charge is -2.24. The minimum absolute atomic E-state index is 0.0335. The van der Waals surface area contributed by atoms with Crippen LogP contribution in [0, 0.1) is 12.8 Å². The Morgan fingerprint density at radius 2 is 2.00 bits per heavy atom. The number of nitrogens with zero attached hydrogens (tertiary/aromatic N) is 1. The number of rotatable bonds is 6. The molecule has 0 heterocycles. The Bertz CT molecular complexity index is 512. The average Bonchev–Trinajstić information content (AvgIpc) is 2.40. The van der Waals surface area contributed by atoms with E-state index in [9.17, 15) is 9.59 Å². The molecule has 0 aromatic heterocycles. The fourth-order valence-electron chi connectivity index (χ4n) is 2.01. The van der Waals surface area contributed by atoms with Crippen molar-refractivity contribution >= 4 is 17.6 Å². The Kier molecular flexibility index (Phi) is 6.21. The Balaban J connectivity index is 2.92. The number of nitrogens with two attached hydrogens (primary N) is 1. The predicted molar refractivity (Wildman–Crippen MR) is 83.0 cm³/mol. The molecule has 0 aliphatic carbocycles. The first-order valence-corrected chi connectivity index (χ1v) is 7.16. The lowest BCUT2D eigenvalue weighted by Crippen LogP contribution is -2.39. The predicted octanol–water partition coefficient (Wildman–Crippen LogP) is 2.24. The van der Waals surface area contributed by atoms with E-state index in [0.717, 1.165) is 5.56 Å². The van der Waals surface area contributed by atoms with Gasteiger partial charge < -0.3 is 15.4 Å². The zero-order valence-corrected chi connectivity index (χ0v) is 13.2. The third kappa shape index (κ3) is 5.10. The molecule has 1 aromatic rings. The largest absolute Gasteiger partial charge is 0.465 e. The van der Waals surface area contributed by atoms with Crippen LogP contribution in [0.2, 0.25) is 0 Å². The minimum Gasteiger partial charge on any atom is -0.465 e. The lowest BCUT2D eigenvalue weighted by atomic mass is 10.1. The van der Waals surface area contributed by atoms with Crippen molar-refractivity contribution in [1.29, 1.82) is 0 Å². The van der Waals surface area contributed by atoms with E-state index in [-0.39, 0.29) is 18.4 Å². The molecule has 0 aliphatic rings. The van der Waals surface area contributed by atoms with Crippen molar-refractivity contribution in [1.82, 2.24) is 4.90 Å². The van der Waals surface area contributed by atoms with Gasteiger partial charge in [0.2, 0.25) is 0 Å². The smallest absolute Gasteiger partial charge is 0.325 e. The normalized spacial score (nSPS) is 10.5. The molecule has 0 atom stereocenters.